The number of nitrogens with two attached hydrogens (primary N) is 1. The molecule has 0 saturated heterocycles. The summed E-state index contributed by atoms with van der Waals surface area (Å²) in [5.41, 5.74) is 6.04. The number of nitriles is 1. The van der Waals surface area contributed by atoms with Gasteiger partial charge in [-0.1, -0.05) is 29.8 Å². The van der Waals surface area contributed by atoms with E-state index in [1.54, 1.807) is 12.1 Å². The lowest BCUT2D eigenvalue weighted by Gasteiger charge is -2.24. The van der Waals surface area contributed by atoms with E-state index in [9.17, 15) is 8.42 Å². The normalized spacial score (nSPS) is 11.9. The van der Waals surface area contributed by atoms with Gasteiger partial charge < -0.3 is 5.73 Å². The summed E-state index contributed by atoms with van der Waals surface area (Å²) in [4.78, 5) is 0.0456. The van der Waals surface area contributed by atoms with Crippen LogP contribution in [-0.2, 0) is 10.0 Å². The van der Waals surface area contributed by atoms with E-state index in [1.807, 2.05) is 19.9 Å². The highest BCUT2D eigenvalue weighted by molar-refractivity contribution is 9.11. The largest absolute Gasteiger partial charge is 0.398 e. The van der Waals surface area contributed by atoms with Crippen LogP contribution in [0.3, 0.4) is 0 Å². The molecule has 8 heteroatoms. The average molecular weight is 439 g/mol. The Balaban J connectivity index is 3.32. The molecule has 1 aromatic rings. The van der Waals surface area contributed by atoms with Gasteiger partial charge in [0.15, 0.2) is 0 Å². The van der Waals surface area contributed by atoms with E-state index in [0.717, 1.165) is 0 Å². The third kappa shape index (κ3) is 4.68. The molecule has 0 amide bonds. The van der Waals surface area contributed by atoms with Crippen molar-refractivity contribution < 1.29 is 8.42 Å². The number of benzene rings is 1. The van der Waals surface area contributed by atoms with Crippen LogP contribution in [0.25, 0.3) is 0 Å². The van der Waals surface area contributed by atoms with Crippen LogP contribution in [-0.4, -0.2) is 25.8 Å². The molecule has 5 nitrogen and oxygen atoms in total. The maximum Gasteiger partial charge on any atom is 0.246 e. The SMILES string of the molecule is CC(C)CN(CCC#N)S(=O)(=O)c1c(N)cc(Br)cc1Br. The number of nitrogen functional groups attached to an aromatic ring is 1. The van der Waals surface area contributed by atoms with E-state index in [4.69, 9.17) is 11.0 Å². The third-order valence-electron chi connectivity index (χ3n) is 2.68. The van der Waals surface area contributed by atoms with Gasteiger partial charge in [0.1, 0.15) is 4.90 Å². The summed E-state index contributed by atoms with van der Waals surface area (Å²) < 4.78 is 28.0. The molecule has 0 aliphatic heterocycles. The first-order valence-electron chi connectivity index (χ1n) is 6.31. The van der Waals surface area contributed by atoms with E-state index in [2.05, 4.69) is 31.9 Å². The number of anilines is 1. The van der Waals surface area contributed by atoms with Crippen molar-refractivity contribution in [3.8, 4) is 6.07 Å². The second kappa shape index (κ2) is 7.58. The Labute approximate surface area is 142 Å². The van der Waals surface area contributed by atoms with Crippen LogP contribution >= 0.6 is 31.9 Å². The summed E-state index contributed by atoms with van der Waals surface area (Å²) in [6.07, 6.45) is 0.139. The van der Waals surface area contributed by atoms with Crippen molar-refractivity contribution in [3.05, 3.63) is 21.1 Å². The van der Waals surface area contributed by atoms with Gasteiger partial charge in [0.2, 0.25) is 10.0 Å². The summed E-state index contributed by atoms with van der Waals surface area (Å²) in [5, 5.41) is 8.72. The van der Waals surface area contributed by atoms with E-state index in [1.165, 1.54) is 4.31 Å². The zero-order valence-corrected chi connectivity index (χ0v) is 15.8. The second-order valence-electron chi connectivity index (χ2n) is 4.97. The molecule has 2 N–H and O–H groups in total. The standard InChI is InChI=1S/C13H17Br2N3O2S/c1-9(2)8-18(5-3-4-16)21(19,20)13-11(15)6-10(14)7-12(13)17/h6-7,9H,3,5,8,17H2,1-2H3. The molecule has 0 atom stereocenters. The fourth-order valence-electron chi connectivity index (χ4n) is 1.87. The fourth-order valence-corrected chi connectivity index (χ4v) is 5.49. The van der Waals surface area contributed by atoms with Crippen LogP contribution in [0.5, 0.6) is 0 Å². The Morgan fingerprint density at radius 1 is 1.38 bits per heavy atom. The third-order valence-corrected chi connectivity index (χ3v) is 6.01. The Hall–Kier alpha value is -0.620. The smallest absolute Gasteiger partial charge is 0.246 e. The summed E-state index contributed by atoms with van der Waals surface area (Å²) in [5.74, 6) is 0.147. The Kier molecular flexibility index (Phi) is 6.66. The van der Waals surface area contributed by atoms with Gasteiger partial charge in [0.25, 0.3) is 0 Å². The zero-order chi connectivity index (χ0) is 16.2. The van der Waals surface area contributed by atoms with Crippen LogP contribution in [0.1, 0.15) is 20.3 Å². The molecule has 0 unspecified atom stereocenters. The molecule has 0 bridgehead atoms. The van der Waals surface area contributed by atoms with Gasteiger partial charge in [-0.25, -0.2) is 8.42 Å². The molecule has 0 heterocycles. The molecule has 0 fully saturated rings. The molecular formula is C13H17Br2N3O2S. The van der Waals surface area contributed by atoms with E-state index in [0.29, 0.717) is 15.5 Å². The van der Waals surface area contributed by atoms with Gasteiger partial charge in [0, 0.05) is 28.5 Å². The van der Waals surface area contributed by atoms with Crippen LogP contribution in [0, 0.1) is 17.2 Å². The van der Waals surface area contributed by atoms with E-state index < -0.39 is 10.0 Å². The summed E-state index contributed by atoms with van der Waals surface area (Å²) >= 11 is 6.53. The highest BCUT2D eigenvalue weighted by atomic mass is 79.9. The number of halogens is 2. The Morgan fingerprint density at radius 3 is 2.48 bits per heavy atom. The maximum absolute atomic E-state index is 12.8. The first kappa shape index (κ1) is 18.4. The highest BCUT2D eigenvalue weighted by Crippen LogP contribution is 2.33. The monoisotopic (exact) mass is 437 g/mol. The van der Waals surface area contributed by atoms with Gasteiger partial charge in [-0.3, -0.25) is 0 Å². The molecule has 0 spiro atoms. The van der Waals surface area contributed by atoms with Gasteiger partial charge in [-0.2, -0.15) is 9.57 Å². The van der Waals surface area contributed by atoms with E-state index in [-0.39, 0.29) is 29.5 Å². The van der Waals surface area contributed by atoms with Crippen molar-refractivity contribution in [1.29, 1.82) is 5.26 Å². The molecule has 116 valence electrons. The Morgan fingerprint density at radius 2 is 2.00 bits per heavy atom. The number of hydrogen-bond acceptors (Lipinski definition) is 4. The van der Waals surface area contributed by atoms with Crippen LogP contribution in [0.4, 0.5) is 5.69 Å². The lowest BCUT2D eigenvalue weighted by molar-refractivity contribution is 0.373. The summed E-state index contributed by atoms with van der Waals surface area (Å²) in [6, 6.07) is 5.17. The molecular weight excluding hydrogens is 422 g/mol. The molecule has 0 aromatic heterocycles. The van der Waals surface area contributed by atoms with E-state index >= 15 is 0 Å². The van der Waals surface area contributed by atoms with Crippen LogP contribution in [0.2, 0.25) is 0 Å². The minimum atomic E-state index is -3.76. The van der Waals surface area contributed by atoms with Gasteiger partial charge in [-0.15, -0.1) is 0 Å². The predicted octanol–water partition coefficient (Wildman–Crippen LogP) is 3.35. The molecule has 0 radical (unpaired) electrons. The first-order chi connectivity index (χ1) is 9.70. The maximum atomic E-state index is 12.8. The number of nitrogens with zero attached hydrogens (tertiary/aromatic N) is 2. The number of sulfonamides is 1. The zero-order valence-electron chi connectivity index (χ0n) is 11.8. The summed E-state index contributed by atoms with van der Waals surface area (Å²) in [7, 11) is -3.76. The minimum Gasteiger partial charge on any atom is -0.398 e. The highest BCUT2D eigenvalue weighted by Gasteiger charge is 2.29. The van der Waals surface area contributed by atoms with Crippen molar-refractivity contribution in [2.45, 2.75) is 25.2 Å². The predicted molar refractivity (Wildman–Crippen MR) is 90.1 cm³/mol. The molecule has 0 saturated carbocycles. The van der Waals surface area contributed by atoms with Gasteiger partial charge >= 0.3 is 0 Å². The molecule has 1 rings (SSSR count). The lowest BCUT2D eigenvalue weighted by Crippen LogP contribution is -2.35. The molecule has 21 heavy (non-hydrogen) atoms. The van der Waals surface area contributed by atoms with Gasteiger partial charge in [0.05, 0.1) is 11.8 Å². The lowest BCUT2D eigenvalue weighted by atomic mass is 10.2. The summed E-state index contributed by atoms with van der Waals surface area (Å²) in [6.45, 7) is 4.34. The molecule has 0 aliphatic carbocycles. The van der Waals surface area contributed by atoms with Crippen molar-refractivity contribution in [2.24, 2.45) is 5.92 Å². The first-order valence-corrected chi connectivity index (χ1v) is 9.34. The minimum absolute atomic E-state index is 0.0456. The topological polar surface area (TPSA) is 87.2 Å². The van der Waals surface area contributed by atoms with Crippen molar-refractivity contribution in [3.63, 3.8) is 0 Å². The fraction of sp³-hybridized carbons (Fsp3) is 0.462. The quantitative estimate of drug-likeness (QED) is 0.689. The van der Waals surface area contributed by atoms with Crippen LogP contribution in [0.15, 0.2) is 26.0 Å². The van der Waals surface area contributed by atoms with Crippen molar-refractivity contribution >= 4 is 47.6 Å². The number of rotatable bonds is 6. The van der Waals surface area contributed by atoms with Crippen LogP contribution < -0.4 is 5.73 Å². The average Bonchev–Trinajstić information content (AvgIpc) is 2.32. The van der Waals surface area contributed by atoms with Crippen molar-refractivity contribution in [2.75, 3.05) is 18.8 Å². The van der Waals surface area contributed by atoms with Crippen molar-refractivity contribution in [1.82, 2.24) is 4.31 Å². The number of hydrogen-bond donors (Lipinski definition) is 1. The molecule has 0 aliphatic rings. The van der Waals surface area contributed by atoms with Gasteiger partial charge in [-0.05, 0) is 34.0 Å². The Bertz CT molecular complexity index is 631. The second-order valence-corrected chi connectivity index (χ2v) is 8.62. The molecule has 1 aromatic carbocycles.